The molecule has 0 unspecified atom stereocenters. The van der Waals surface area contributed by atoms with Gasteiger partial charge in [0.15, 0.2) is 5.82 Å². The Bertz CT molecular complexity index is 567. The number of rotatable bonds is 2. The summed E-state index contributed by atoms with van der Waals surface area (Å²) < 4.78 is 6.74. The molecule has 0 aliphatic carbocycles. The van der Waals surface area contributed by atoms with Crippen LogP contribution in [0.25, 0.3) is 0 Å². The van der Waals surface area contributed by atoms with E-state index in [1.807, 2.05) is 4.90 Å². The molecule has 1 fully saturated rings. The summed E-state index contributed by atoms with van der Waals surface area (Å²) in [6.45, 7) is 4.97. The van der Waals surface area contributed by atoms with E-state index in [9.17, 15) is 9.59 Å². The maximum Gasteiger partial charge on any atom is 0.409 e. The van der Waals surface area contributed by atoms with Gasteiger partial charge in [0.1, 0.15) is 0 Å². The average molecular weight is 322 g/mol. The minimum absolute atomic E-state index is 0.0615. The van der Waals surface area contributed by atoms with E-state index in [0.29, 0.717) is 38.6 Å². The second-order valence-corrected chi connectivity index (χ2v) is 5.82. The Morgan fingerprint density at radius 2 is 1.87 bits per heavy atom. The number of fused-ring (bicyclic) bond motifs is 1. The summed E-state index contributed by atoms with van der Waals surface area (Å²) in [7, 11) is 0. The standard InChI is InChI=1S/C14H22N6O3/c1-2-23-14(22)19-9-7-18(8-10-19)13(21)11-5-3-4-6-20-12(11)15-16-17-20/h11H,2-10H2,1H3/t11-/m0/s1. The van der Waals surface area contributed by atoms with Gasteiger partial charge < -0.3 is 14.5 Å². The summed E-state index contributed by atoms with van der Waals surface area (Å²) in [6, 6.07) is 0. The molecule has 0 bridgehead atoms. The van der Waals surface area contributed by atoms with Crippen LogP contribution >= 0.6 is 0 Å². The first-order valence-corrected chi connectivity index (χ1v) is 8.17. The topological polar surface area (TPSA) is 93.5 Å². The highest BCUT2D eigenvalue weighted by Gasteiger charge is 2.34. The normalized spacial score (nSPS) is 21.5. The molecule has 23 heavy (non-hydrogen) atoms. The van der Waals surface area contributed by atoms with Crippen molar-refractivity contribution < 1.29 is 14.3 Å². The molecular formula is C14H22N6O3. The number of carbonyl (C=O) groups excluding carboxylic acids is 2. The van der Waals surface area contributed by atoms with E-state index in [0.717, 1.165) is 25.8 Å². The maximum atomic E-state index is 12.9. The molecule has 126 valence electrons. The van der Waals surface area contributed by atoms with Crippen molar-refractivity contribution in [1.82, 2.24) is 30.0 Å². The molecule has 0 radical (unpaired) electrons. The molecule has 1 atom stereocenters. The lowest BCUT2D eigenvalue weighted by Gasteiger charge is -2.35. The Morgan fingerprint density at radius 1 is 1.13 bits per heavy atom. The third-order valence-electron chi connectivity index (χ3n) is 4.40. The van der Waals surface area contributed by atoms with E-state index >= 15 is 0 Å². The van der Waals surface area contributed by atoms with Crippen molar-refractivity contribution in [2.75, 3.05) is 32.8 Å². The van der Waals surface area contributed by atoms with Gasteiger partial charge in [-0.2, -0.15) is 0 Å². The molecule has 3 rings (SSSR count). The van der Waals surface area contributed by atoms with Crippen LogP contribution in [-0.2, 0) is 16.1 Å². The van der Waals surface area contributed by atoms with Crippen LogP contribution in [0, 0.1) is 0 Å². The highest BCUT2D eigenvalue weighted by atomic mass is 16.6. The molecule has 1 saturated heterocycles. The molecule has 1 aromatic rings. The molecular weight excluding hydrogens is 300 g/mol. The molecule has 9 nitrogen and oxygen atoms in total. The molecule has 3 heterocycles. The second kappa shape index (κ2) is 6.93. The number of amides is 2. The summed E-state index contributed by atoms with van der Waals surface area (Å²) >= 11 is 0. The number of hydrogen-bond acceptors (Lipinski definition) is 6. The maximum absolute atomic E-state index is 12.9. The summed E-state index contributed by atoms with van der Waals surface area (Å²) in [5.74, 6) is 0.452. The first-order chi connectivity index (χ1) is 11.2. The molecule has 0 saturated carbocycles. The van der Waals surface area contributed by atoms with Gasteiger partial charge in [-0.25, -0.2) is 9.48 Å². The Morgan fingerprint density at radius 3 is 2.61 bits per heavy atom. The van der Waals surface area contributed by atoms with Crippen LogP contribution in [-0.4, -0.2) is 74.8 Å². The Balaban J connectivity index is 1.63. The van der Waals surface area contributed by atoms with Gasteiger partial charge in [-0.05, 0) is 30.2 Å². The van der Waals surface area contributed by atoms with Crippen molar-refractivity contribution in [1.29, 1.82) is 0 Å². The van der Waals surface area contributed by atoms with Gasteiger partial charge in [0.05, 0.1) is 12.5 Å². The Kier molecular flexibility index (Phi) is 4.73. The zero-order valence-electron chi connectivity index (χ0n) is 13.3. The SMILES string of the molecule is CCOC(=O)N1CCN(C(=O)[C@H]2CCCCn3nnnc32)CC1. The predicted octanol–water partition coefficient (Wildman–Crippen LogP) is 0.241. The van der Waals surface area contributed by atoms with Gasteiger partial charge in [-0.15, -0.1) is 5.10 Å². The van der Waals surface area contributed by atoms with Gasteiger partial charge in [0.2, 0.25) is 5.91 Å². The smallest absolute Gasteiger partial charge is 0.409 e. The first-order valence-electron chi connectivity index (χ1n) is 8.17. The summed E-state index contributed by atoms with van der Waals surface area (Å²) in [5, 5.41) is 11.7. The fourth-order valence-corrected chi connectivity index (χ4v) is 3.14. The lowest BCUT2D eigenvalue weighted by molar-refractivity contribution is -0.134. The lowest BCUT2D eigenvalue weighted by atomic mass is 10.0. The number of piperazine rings is 1. The van der Waals surface area contributed by atoms with Crippen molar-refractivity contribution in [3.8, 4) is 0 Å². The van der Waals surface area contributed by atoms with Gasteiger partial charge in [0, 0.05) is 32.7 Å². The Labute approximate surface area is 134 Å². The summed E-state index contributed by atoms with van der Waals surface area (Å²) in [4.78, 5) is 28.0. The van der Waals surface area contributed by atoms with Crippen LogP contribution < -0.4 is 0 Å². The largest absolute Gasteiger partial charge is 0.450 e. The first kappa shape index (κ1) is 15.7. The van der Waals surface area contributed by atoms with E-state index < -0.39 is 0 Å². The average Bonchev–Trinajstić information content (AvgIpc) is 2.94. The monoisotopic (exact) mass is 322 g/mol. The van der Waals surface area contributed by atoms with Gasteiger partial charge in [-0.1, -0.05) is 6.42 Å². The van der Waals surface area contributed by atoms with Crippen molar-refractivity contribution in [2.24, 2.45) is 0 Å². The number of carbonyl (C=O) groups is 2. The number of tetrazole rings is 1. The van der Waals surface area contributed by atoms with Crippen molar-refractivity contribution in [2.45, 2.75) is 38.6 Å². The molecule has 1 aromatic heterocycles. The van der Waals surface area contributed by atoms with E-state index in [1.54, 1.807) is 16.5 Å². The van der Waals surface area contributed by atoms with E-state index in [2.05, 4.69) is 15.5 Å². The third-order valence-corrected chi connectivity index (χ3v) is 4.40. The molecule has 2 aliphatic heterocycles. The molecule has 9 heteroatoms. The fourth-order valence-electron chi connectivity index (χ4n) is 3.14. The van der Waals surface area contributed by atoms with Crippen LogP contribution in [0.2, 0.25) is 0 Å². The zero-order chi connectivity index (χ0) is 16.2. The van der Waals surface area contributed by atoms with E-state index in [4.69, 9.17) is 4.74 Å². The zero-order valence-corrected chi connectivity index (χ0v) is 13.3. The number of aromatic nitrogens is 4. The number of ether oxygens (including phenoxy) is 1. The van der Waals surface area contributed by atoms with Crippen LogP contribution in [0.3, 0.4) is 0 Å². The van der Waals surface area contributed by atoms with E-state index in [-0.39, 0.29) is 17.9 Å². The highest BCUT2D eigenvalue weighted by Crippen LogP contribution is 2.26. The summed E-state index contributed by atoms with van der Waals surface area (Å²) in [6.07, 6.45) is 2.43. The summed E-state index contributed by atoms with van der Waals surface area (Å²) in [5.41, 5.74) is 0. The molecule has 0 N–H and O–H groups in total. The van der Waals surface area contributed by atoms with Crippen LogP contribution in [0.15, 0.2) is 0 Å². The third kappa shape index (κ3) is 3.27. The number of aryl methyl sites for hydroxylation is 1. The fraction of sp³-hybridized carbons (Fsp3) is 0.786. The van der Waals surface area contributed by atoms with Crippen molar-refractivity contribution in [3.63, 3.8) is 0 Å². The van der Waals surface area contributed by atoms with Gasteiger partial charge in [0.25, 0.3) is 0 Å². The molecule has 2 amide bonds. The van der Waals surface area contributed by atoms with Gasteiger partial charge >= 0.3 is 6.09 Å². The molecule has 2 aliphatic rings. The van der Waals surface area contributed by atoms with Crippen LogP contribution in [0.4, 0.5) is 4.79 Å². The highest BCUT2D eigenvalue weighted by molar-refractivity contribution is 5.83. The van der Waals surface area contributed by atoms with Crippen molar-refractivity contribution in [3.05, 3.63) is 5.82 Å². The lowest BCUT2D eigenvalue weighted by Crippen LogP contribution is -2.51. The molecule has 0 spiro atoms. The number of hydrogen-bond donors (Lipinski definition) is 0. The quantitative estimate of drug-likeness (QED) is 0.774. The van der Waals surface area contributed by atoms with Crippen LogP contribution in [0.5, 0.6) is 0 Å². The van der Waals surface area contributed by atoms with Crippen molar-refractivity contribution >= 4 is 12.0 Å². The van der Waals surface area contributed by atoms with Crippen LogP contribution in [0.1, 0.15) is 37.9 Å². The number of nitrogens with zero attached hydrogens (tertiary/aromatic N) is 6. The minimum Gasteiger partial charge on any atom is -0.450 e. The predicted molar refractivity (Wildman–Crippen MR) is 79.6 cm³/mol. The van der Waals surface area contributed by atoms with E-state index in [1.165, 1.54) is 0 Å². The molecule has 0 aromatic carbocycles. The second-order valence-electron chi connectivity index (χ2n) is 5.82. The Hall–Kier alpha value is -2.19. The van der Waals surface area contributed by atoms with Gasteiger partial charge in [-0.3, -0.25) is 4.79 Å². The minimum atomic E-state index is -0.307.